The fourth-order valence-corrected chi connectivity index (χ4v) is 3.97. The number of rotatable bonds is 6. The van der Waals surface area contributed by atoms with Crippen molar-refractivity contribution >= 4 is 44.7 Å². The summed E-state index contributed by atoms with van der Waals surface area (Å²) in [6, 6.07) is 5.67. The molecular weight excluding hydrogens is 356 g/mol. The van der Waals surface area contributed by atoms with Crippen molar-refractivity contribution in [3.63, 3.8) is 0 Å². The zero-order chi connectivity index (χ0) is 16.9. The highest BCUT2D eigenvalue weighted by Gasteiger charge is 2.07. The van der Waals surface area contributed by atoms with E-state index in [0.29, 0.717) is 18.0 Å². The largest absolute Gasteiger partial charge is 0.337 e. The van der Waals surface area contributed by atoms with Gasteiger partial charge in [0.05, 0.1) is 4.90 Å². The lowest BCUT2D eigenvalue weighted by Gasteiger charge is -2.07. The highest BCUT2D eigenvalue weighted by molar-refractivity contribution is 8.01. The van der Waals surface area contributed by atoms with Crippen LogP contribution in [-0.2, 0) is 9.84 Å². The first-order chi connectivity index (χ1) is 10.8. The van der Waals surface area contributed by atoms with Crippen molar-refractivity contribution in [3.8, 4) is 0 Å². The van der Waals surface area contributed by atoms with E-state index in [4.69, 9.17) is 0 Å². The van der Waals surface area contributed by atoms with E-state index in [1.165, 1.54) is 35.2 Å². The van der Waals surface area contributed by atoms with Crippen LogP contribution < -0.4 is 10.6 Å². The normalized spacial score (nSPS) is 11.2. The first-order valence-electron chi connectivity index (χ1n) is 6.62. The molecule has 10 heteroatoms. The quantitative estimate of drug-likeness (QED) is 0.595. The summed E-state index contributed by atoms with van der Waals surface area (Å²) in [5.74, 6) is 0.690. The molecule has 7 nitrogen and oxygen atoms in total. The fourth-order valence-electron chi connectivity index (χ4n) is 1.60. The first kappa shape index (κ1) is 17.7. The highest BCUT2D eigenvalue weighted by Crippen LogP contribution is 2.21. The molecule has 0 aliphatic carbocycles. The highest BCUT2D eigenvalue weighted by atomic mass is 32.2. The number of urea groups is 1. The second-order valence-electron chi connectivity index (χ2n) is 4.61. The minimum absolute atomic E-state index is 0.215. The summed E-state index contributed by atoms with van der Waals surface area (Å²) in [6.45, 7) is 2.37. The molecule has 0 aliphatic rings. The first-order valence-corrected chi connectivity index (χ1v) is 10.3. The van der Waals surface area contributed by atoms with Crippen molar-refractivity contribution in [2.45, 2.75) is 16.2 Å². The van der Waals surface area contributed by atoms with E-state index in [9.17, 15) is 13.2 Å². The zero-order valence-electron chi connectivity index (χ0n) is 12.6. The van der Waals surface area contributed by atoms with Gasteiger partial charge in [0.15, 0.2) is 14.2 Å². The molecule has 124 valence electrons. The molecule has 1 heterocycles. The molecule has 0 saturated heterocycles. The molecule has 2 amide bonds. The molecule has 0 spiro atoms. The molecule has 0 unspecified atom stereocenters. The average molecular weight is 372 g/mol. The number of hydrogen-bond acceptors (Lipinski definition) is 7. The summed E-state index contributed by atoms with van der Waals surface area (Å²) >= 11 is 3.05. The lowest BCUT2D eigenvalue weighted by Crippen LogP contribution is -2.30. The minimum Gasteiger partial charge on any atom is -0.337 e. The van der Waals surface area contributed by atoms with Gasteiger partial charge in [-0.1, -0.05) is 23.1 Å². The zero-order valence-corrected chi connectivity index (χ0v) is 15.0. The van der Waals surface area contributed by atoms with Crippen LogP contribution in [0.3, 0.4) is 0 Å². The molecule has 0 aliphatic heterocycles. The van der Waals surface area contributed by atoms with Gasteiger partial charge in [0.25, 0.3) is 0 Å². The Morgan fingerprint density at radius 3 is 2.52 bits per heavy atom. The van der Waals surface area contributed by atoms with Crippen molar-refractivity contribution < 1.29 is 13.2 Å². The van der Waals surface area contributed by atoms with Crippen molar-refractivity contribution in [3.05, 3.63) is 29.3 Å². The fraction of sp³-hybridized carbons (Fsp3) is 0.308. The Morgan fingerprint density at radius 1 is 1.26 bits per heavy atom. The summed E-state index contributed by atoms with van der Waals surface area (Å²) in [6.07, 6.45) is 1.14. The number of hydrogen-bond donors (Lipinski definition) is 2. The molecule has 1 aromatic carbocycles. The van der Waals surface area contributed by atoms with Gasteiger partial charge < -0.3 is 10.6 Å². The summed E-state index contributed by atoms with van der Waals surface area (Å²) in [5.41, 5.74) is 0.530. The lowest BCUT2D eigenvalue weighted by molar-refractivity contribution is 0.252. The number of nitrogens with one attached hydrogen (secondary N) is 2. The Morgan fingerprint density at radius 2 is 1.96 bits per heavy atom. The smallest absolute Gasteiger partial charge is 0.319 e. The molecule has 0 atom stereocenters. The maximum Gasteiger partial charge on any atom is 0.319 e. The van der Waals surface area contributed by atoms with E-state index >= 15 is 0 Å². The van der Waals surface area contributed by atoms with Gasteiger partial charge in [-0.2, -0.15) is 0 Å². The van der Waals surface area contributed by atoms with Gasteiger partial charge >= 0.3 is 6.03 Å². The van der Waals surface area contributed by atoms with E-state index in [2.05, 4.69) is 20.8 Å². The maximum atomic E-state index is 11.7. The third-order valence-corrected chi connectivity index (χ3v) is 5.76. The van der Waals surface area contributed by atoms with Gasteiger partial charge in [0.2, 0.25) is 0 Å². The molecule has 2 N–H and O–H groups in total. The van der Waals surface area contributed by atoms with E-state index < -0.39 is 9.84 Å². The summed E-state index contributed by atoms with van der Waals surface area (Å²) in [7, 11) is -3.23. The number of aryl methyl sites for hydroxylation is 1. The number of carbonyl (C=O) groups is 1. The number of aromatic nitrogens is 2. The van der Waals surface area contributed by atoms with E-state index in [-0.39, 0.29) is 10.9 Å². The Hall–Kier alpha value is -1.65. The Balaban J connectivity index is 1.74. The van der Waals surface area contributed by atoms with Crippen LogP contribution in [0.1, 0.15) is 5.01 Å². The van der Waals surface area contributed by atoms with E-state index in [1.54, 1.807) is 12.1 Å². The standard InChI is InChI=1S/C13H16N4O3S3/c1-9-16-17-13(22-9)21-8-7-14-12(18)15-10-3-5-11(6-4-10)23(2,19)20/h3-6H,7-8H2,1-2H3,(H2,14,15,18). The average Bonchev–Trinajstić information content (AvgIpc) is 2.89. The van der Waals surface area contributed by atoms with Crippen molar-refractivity contribution in [2.75, 3.05) is 23.9 Å². The van der Waals surface area contributed by atoms with Crippen LogP contribution in [0.2, 0.25) is 0 Å². The summed E-state index contributed by atoms with van der Waals surface area (Å²) in [4.78, 5) is 11.9. The predicted molar refractivity (Wildman–Crippen MR) is 91.9 cm³/mol. The van der Waals surface area contributed by atoms with Crippen LogP contribution in [-0.4, -0.2) is 43.2 Å². The van der Waals surface area contributed by atoms with Crippen LogP contribution in [0.15, 0.2) is 33.5 Å². The third-order valence-electron chi connectivity index (χ3n) is 2.66. The SMILES string of the molecule is Cc1nnc(SCCNC(=O)Nc2ccc(S(C)(=O)=O)cc2)s1. The van der Waals surface area contributed by atoms with Crippen molar-refractivity contribution in [1.82, 2.24) is 15.5 Å². The topological polar surface area (TPSA) is 101 Å². The number of thioether (sulfide) groups is 1. The van der Waals surface area contributed by atoms with E-state index in [0.717, 1.165) is 15.6 Å². The number of anilines is 1. The third kappa shape index (κ3) is 5.81. The van der Waals surface area contributed by atoms with Gasteiger partial charge in [-0.15, -0.1) is 10.2 Å². The molecule has 0 bridgehead atoms. The second kappa shape index (κ2) is 7.75. The second-order valence-corrected chi connectivity index (χ2v) is 9.15. The molecule has 2 aromatic rings. The molecule has 2 rings (SSSR count). The van der Waals surface area contributed by atoms with Crippen LogP contribution >= 0.6 is 23.1 Å². The molecule has 1 aromatic heterocycles. The molecular formula is C13H16N4O3S3. The van der Waals surface area contributed by atoms with Gasteiger partial charge in [-0.3, -0.25) is 0 Å². The van der Waals surface area contributed by atoms with Gasteiger partial charge in [0, 0.05) is 24.2 Å². The van der Waals surface area contributed by atoms with E-state index in [1.807, 2.05) is 6.92 Å². The minimum atomic E-state index is -3.23. The summed E-state index contributed by atoms with van der Waals surface area (Å²) in [5, 5.41) is 14.2. The lowest BCUT2D eigenvalue weighted by atomic mass is 10.3. The Kier molecular flexibility index (Phi) is 5.97. The number of amides is 2. The van der Waals surface area contributed by atoms with Gasteiger partial charge in [-0.25, -0.2) is 13.2 Å². The number of nitrogens with zero attached hydrogens (tertiary/aromatic N) is 2. The van der Waals surface area contributed by atoms with Crippen LogP contribution in [0.5, 0.6) is 0 Å². The predicted octanol–water partition coefficient (Wildman–Crippen LogP) is 2.16. The molecule has 23 heavy (non-hydrogen) atoms. The summed E-state index contributed by atoms with van der Waals surface area (Å²) < 4.78 is 23.6. The van der Waals surface area contributed by atoms with Crippen LogP contribution in [0.4, 0.5) is 10.5 Å². The Labute approximate surface area is 142 Å². The maximum absolute atomic E-state index is 11.7. The molecule has 0 radical (unpaired) electrons. The monoisotopic (exact) mass is 372 g/mol. The van der Waals surface area contributed by atoms with Crippen molar-refractivity contribution in [2.24, 2.45) is 0 Å². The molecule has 0 fully saturated rings. The van der Waals surface area contributed by atoms with Gasteiger partial charge in [0.1, 0.15) is 5.01 Å². The van der Waals surface area contributed by atoms with Gasteiger partial charge in [-0.05, 0) is 31.2 Å². The van der Waals surface area contributed by atoms with Crippen molar-refractivity contribution in [1.29, 1.82) is 0 Å². The van der Waals surface area contributed by atoms with Crippen LogP contribution in [0, 0.1) is 6.92 Å². The molecule has 0 saturated carbocycles. The van der Waals surface area contributed by atoms with Crippen LogP contribution in [0.25, 0.3) is 0 Å². The Bertz CT molecular complexity index is 772. The number of carbonyl (C=O) groups excluding carboxylic acids is 1. The number of benzene rings is 1. The number of sulfone groups is 1.